The fourth-order valence-corrected chi connectivity index (χ4v) is 3.48. The molecule has 32 heavy (non-hydrogen) atoms. The van der Waals surface area contributed by atoms with E-state index in [0.717, 1.165) is 0 Å². The summed E-state index contributed by atoms with van der Waals surface area (Å²) in [4.78, 5) is 50.2. The minimum absolute atomic E-state index is 0.123. The lowest BCUT2D eigenvalue weighted by Gasteiger charge is -2.22. The number of likely N-dealkylation sites (tertiary alicyclic amines) is 1. The molecular formula is C21H21N3O8. The van der Waals surface area contributed by atoms with Crippen LogP contribution in [0.1, 0.15) is 23.4 Å². The van der Waals surface area contributed by atoms with Gasteiger partial charge in [-0.2, -0.15) is 0 Å². The molecule has 1 aromatic carbocycles. The summed E-state index contributed by atoms with van der Waals surface area (Å²) >= 11 is 0. The van der Waals surface area contributed by atoms with Crippen LogP contribution < -0.4 is 20.1 Å². The van der Waals surface area contributed by atoms with Crippen molar-refractivity contribution in [3.63, 3.8) is 0 Å². The van der Waals surface area contributed by atoms with Crippen molar-refractivity contribution in [3.8, 4) is 11.5 Å². The van der Waals surface area contributed by atoms with Crippen LogP contribution in [0.4, 0.5) is 10.5 Å². The summed E-state index contributed by atoms with van der Waals surface area (Å²) in [6.45, 7) is 0.567. The third-order valence-corrected chi connectivity index (χ3v) is 4.92. The molecule has 0 radical (unpaired) electrons. The van der Waals surface area contributed by atoms with E-state index in [1.54, 1.807) is 24.3 Å². The molecule has 0 bridgehead atoms. The largest absolute Gasteiger partial charge is 0.486 e. The Morgan fingerprint density at radius 3 is 2.69 bits per heavy atom. The Hall–Kier alpha value is -4.02. The molecule has 0 aliphatic carbocycles. The normalized spacial score (nSPS) is 16.9. The van der Waals surface area contributed by atoms with E-state index in [-0.39, 0.29) is 5.76 Å². The highest BCUT2D eigenvalue weighted by molar-refractivity contribution is 6.02. The Morgan fingerprint density at radius 1 is 1.09 bits per heavy atom. The van der Waals surface area contributed by atoms with Crippen LogP contribution in [-0.2, 0) is 14.3 Å². The number of anilines is 1. The van der Waals surface area contributed by atoms with Crippen LogP contribution >= 0.6 is 0 Å². The van der Waals surface area contributed by atoms with Gasteiger partial charge in [-0.3, -0.25) is 14.9 Å². The van der Waals surface area contributed by atoms with Gasteiger partial charge in [0.25, 0.3) is 11.8 Å². The first-order valence-electron chi connectivity index (χ1n) is 10.0. The van der Waals surface area contributed by atoms with E-state index in [4.69, 9.17) is 18.6 Å². The molecule has 11 nitrogen and oxygen atoms in total. The summed E-state index contributed by atoms with van der Waals surface area (Å²) in [5.74, 6) is -0.771. The highest BCUT2D eigenvalue weighted by atomic mass is 16.6. The number of benzene rings is 1. The lowest BCUT2D eigenvalue weighted by atomic mass is 10.2. The molecule has 4 rings (SSSR count). The predicted molar refractivity (Wildman–Crippen MR) is 108 cm³/mol. The van der Waals surface area contributed by atoms with Gasteiger partial charge in [-0.15, -0.1) is 0 Å². The van der Waals surface area contributed by atoms with Gasteiger partial charge in [-0.05, 0) is 37.1 Å². The lowest BCUT2D eigenvalue weighted by Crippen LogP contribution is -2.43. The van der Waals surface area contributed by atoms with E-state index in [9.17, 15) is 19.2 Å². The number of urea groups is 1. The molecule has 1 saturated heterocycles. The molecule has 2 N–H and O–H groups in total. The Balaban J connectivity index is 1.25. The van der Waals surface area contributed by atoms with Crippen molar-refractivity contribution in [1.82, 2.24) is 10.2 Å². The van der Waals surface area contributed by atoms with Crippen molar-refractivity contribution in [2.75, 3.05) is 31.7 Å². The van der Waals surface area contributed by atoms with Gasteiger partial charge < -0.3 is 28.8 Å². The number of carbonyl (C=O) groups is 4. The van der Waals surface area contributed by atoms with E-state index in [0.29, 0.717) is 49.8 Å². The van der Waals surface area contributed by atoms with Gasteiger partial charge in [0.2, 0.25) is 0 Å². The Bertz CT molecular complexity index is 1020. The number of nitrogens with zero attached hydrogens (tertiary/aromatic N) is 1. The summed E-state index contributed by atoms with van der Waals surface area (Å²) in [6, 6.07) is 6.30. The molecule has 3 heterocycles. The zero-order chi connectivity index (χ0) is 22.5. The van der Waals surface area contributed by atoms with Crippen molar-refractivity contribution in [1.29, 1.82) is 0 Å². The first kappa shape index (κ1) is 21.2. The smallest absolute Gasteiger partial charge is 0.329 e. The van der Waals surface area contributed by atoms with Gasteiger partial charge in [-0.25, -0.2) is 9.59 Å². The fraction of sp³-hybridized carbons (Fsp3) is 0.333. The topological polar surface area (TPSA) is 136 Å². The Kier molecular flexibility index (Phi) is 6.24. The number of rotatable bonds is 5. The Labute approximate surface area is 182 Å². The number of hydrogen-bond donors (Lipinski definition) is 2. The van der Waals surface area contributed by atoms with E-state index in [2.05, 4.69) is 10.6 Å². The molecule has 4 amide bonds. The van der Waals surface area contributed by atoms with Crippen LogP contribution in [0, 0.1) is 0 Å². The standard InChI is InChI=1S/C21H21N3O8/c25-18(23-21(28)22-13-5-6-15-17(11-13)31-10-9-30-15)12-32-20(27)14-3-1-7-24(14)19(26)16-4-2-8-29-16/h2,4-6,8,11,14H,1,3,7,9-10,12H2,(H2,22,23,25,28)/t14-/m0/s1. The average molecular weight is 443 g/mol. The summed E-state index contributed by atoms with van der Waals surface area (Å²) in [7, 11) is 0. The molecule has 0 saturated carbocycles. The number of carbonyl (C=O) groups excluding carboxylic acids is 4. The van der Waals surface area contributed by atoms with E-state index in [1.165, 1.54) is 17.2 Å². The molecule has 2 aliphatic heterocycles. The molecule has 0 unspecified atom stereocenters. The van der Waals surface area contributed by atoms with Gasteiger partial charge >= 0.3 is 12.0 Å². The summed E-state index contributed by atoms with van der Waals surface area (Å²) in [5, 5.41) is 4.57. The third-order valence-electron chi connectivity index (χ3n) is 4.92. The van der Waals surface area contributed by atoms with Crippen LogP contribution in [0.2, 0.25) is 0 Å². The lowest BCUT2D eigenvalue weighted by molar-refractivity contribution is -0.152. The number of furan rings is 1. The zero-order valence-corrected chi connectivity index (χ0v) is 17.0. The van der Waals surface area contributed by atoms with Crippen LogP contribution in [-0.4, -0.2) is 61.1 Å². The van der Waals surface area contributed by atoms with E-state index < -0.39 is 36.5 Å². The van der Waals surface area contributed by atoms with Gasteiger partial charge in [0.05, 0.1) is 6.26 Å². The molecule has 11 heteroatoms. The van der Waals surface area contributed by atoms with Crippen molar-refractivity contribution >= 4 is 29.5 Å². The number of fused-ring (bicyclic) bond motifs is 1. The van der Waals surface area contributed by atoms with E-state index in [1.807, 2.05) is 0 Å². The molecular weight excluding hydrogens is 422 g/mol. The SMILES string of the molecule is O=C(COC(=O)[C@@H]1CCCN1C(=O)c1ccco1)NC(=O)Nc1ccc2c(c1)OCCO2. The van der Waals surface area contributed by atoms with E-state index >= 15 is 0 Å². The maximum absolute atomic E-state index is 12.4. The van der Waals surface area contributed by atoms with Crippen LogP contribution in [0.25, 0.3) is 0 Å². The van der Waals surface area contributed by atoms with Crippen molar-refractivity contribution in [2.45, 2.75) is 18.9 Å². The second kappa shape index (κ2) is 9.41. The third kappa shape index (κ3) is 4.82. The number of amides is 4. The van der Waals surface area contributed by atoms with Crippen LogP contribution in [0.3, 0.4) is 0 Å². The maximum Gasteiger partial charge on any atom is 0.329 e. The van der Waals surface area contributed by atoms with Crippen molar-refractivity contribution < 1.29 is 37.8 Å². The van der Waals surface area contributed by atoms with Gasteiger partial charge in [-0.1, -0.05) is 0 Å². The fourth-order valence-electron chi connectivity index (χ4n) is 3.48. The zero-order valence-electron chi connectivity index (χ0n) is 17.0. The highest BCUT2D eigenvalue weighted by Gasteiger charge is 2.36. The molecule has 2 aromatic rings. The Morgan fingerprint density at radius 2 is 1.91 bits per heavy atom. The van der Waals surface area contributed by atoms with Crippen LogP contribution in [0.5, 0.6) is 11.5 Å². The number of ether oxygens (including phenoxy) is 3. The first-order valence-corrected chi connectivity index (χ1v) is 10.0. The molecule has 2 aliphatic rings. The molecule has 168 valence electrons. The van der Waals surface area contributed by atoms with Gasteiger partial charge in [0.1, 0.15) is 19.3 Å². The minimum atomic E-state index is -0.813. The minimum Gasteiger partial charge on any atom is -0.486 e. The number of imide groups is 1. The van der Waals surface area contributed by atoms with Crippen molar-refractivity contribution in [2.24, 2.45) is 0 Å². The summed E-state index contributed by atoms with van der Waals surface area (Å²) < 4.78 is 20.9. The number of nitrogens with one attached hydrogen (secondary N) is 2. The van der Waals surface area contributed by atoms with Crippen LogP contribution in [0.15, 0.2) is 41.0 Å². The number of esters is 1. The summed E-state index contributed by atoms with van der Waals surface area (Å²) in [5.41, 5.74) is 0.398. The quantitative estimate of drug-likeness (QED) is 0.664. The molecule has 1 aromatic heterocycles. The monoisotopic (exact) mass is 443 g/mol. The molecule has 1 atom stereocenters. The summed E-state index contributed by atoms with van der Waals surface area (Å²) in [6.07, 6.45) is 2.41. The molecule has 1 fully saturated rings. The second-order valence-electron chi connectivity index (χ2n) is 7.10. The predicted octanol–water partition coefficient (Wildman–Crippen LogP) is 1.55. The first-order chi connectivity index (χ1) is 15.5. The van der Waals surface area contributed by atoms with Crippen molar-refractivity contribution in [3.05, 3.63) is 42.4 Å². The average Bonchev–Trinajstić information content (AvgIpc) is 3.49. The second-order valence-corrected chi connectivity index (χ2v) is 7.10. The van der Waals surface area contributed by atoms with Gasteiger partial charge in [0, 0.05) is 18.3 Å². The molecule has 0 spiro atoms. The van der Waals surface area contributed by atoms with Gasteiger partial charge in [0.15, 0.2) is 23.9 Å². The number of hydrogen-bond acceptors (Lipinski definition) is 8. The highest BCUT2D eigenvalue weighted by Crippen LogP contribution is 2.32. The maximum atomic E-state index is 12.4.